The molecular weight excluding hydrogens is 304 g/mol. The lowest BCUT2D eigenvalue weighted by Crippen LogP contribution is -2.48. The molecule has 0 saturated carbocycles. The van der Waals surface area contributed by atoms with Crippen molar-refractivity contribution in [3.63, 3.8) is 0 Å². The number of hydrogen-bond donors (Lipinski definition) is 3. The van der Waals surface area contributed by atoms with Crippen LogP contribution in [-0.4, -0.2) is 24.4 Å². The number of hydrogen-bond acceptors (Lipinski definition) is 5. The molecule has 1 heterocycles. The van der Waals surface area contributed by atoms with Crippen LogP contribution >= 0.6 is 11.8 Å². The molecule has 0 aromatic heterocycles. The number of benzene rings is 1. The van der Waals surface area contributed by atoms with Gasteiger partial charge in [0, 0.05) is 16.3 Å². The normalized spacial score (nSPS) is 20.5. The van der Waals surface area contributed by atoms with Crippen LogP contribution in [0.4, 0.5) is 5.69 Å². The molecule has 0 aliphatic carbocycles. The lowest BCUT2D eigenvalue weighted by Gasteiger charge is -2.33. The zero-order valence-corrected chi connectivity index (χ0v) is 15.4. The SMILES string of the molecule is CCCC1=CC(CC)(NCC)N=C(Nc2ccc(SC)cc2)N1. The maximum Gasteiger partial charge on any atom is 0.202 e. The van der Waals surface area contributed by atoms with Gasteiger partial charge in [-0.3, -0.25) is 5.32 Å². The molecule has 1 atom stereocenters. The summed E-state index contributed by atoms with van der Waals surface area (Å²) in [5, 5.41) is 10.4. The maximum atomic E-state index is 4.89. The molecule has 0 saturated heterocycles. The van der Waals surface area contributed by atoms with Gasteiger partial charge in [0.05, 0.1) is 0 Å². The van der Waals surface area contributed by atoms with Crippen molar-refractivity contribution in [1.82, 2.24) is 10.6 Å². The Hall–Kier alpha value is -1.46. The lowest BCUT2D eigenvalue weighted by atomic mass is 10.0. The van der Waals surface area contributed by atoms with Crippen LogP contribution in [0.1, 0.15) is 40.0 Å². The van der Waals surface area contributed by atoms with Gasteiger partial charge in [-0.15, -0.1) is 11.8 Å². The van der Waals surface area contributed by atoms with Gasteiger partial charge < -0.3 is 10.6 Å². The minimum Gasteiger partial charge on any atom is -0.330 e. The van der Waals surface area contributed by atoms with Gasteiger partial charge in [0.25, 0.3) is 0 Å². The van der Waals surface area contributed by atoms with Crippen molar-refractivity contribution >= 4 is 23.4 Å². The summed E-state index contributed by atoms with van der Waals surface area (Å²) in [6, 6.07) is 8.43. The van der Waals surface area contributed by atoms with Gasteiger partial charge >= 0.3 is 0 Å². The molecule has 3 N–H and O–H groups in total. The smallest absolute Gasteiger partial charge is 0.202 e. The molecule has 0 spiro atoms. The molecule has 4 nitrogen and oxygen atoms in total. The van der Waals surface area contributed by atoms with E-state index in [-0.39, 0.29) is 5.66 Å². The first kappa shape index (κ1) is 17.9. The van der Waals surface area contributed by atoms with Crippen molar-refractivity contribution in [2.24, 2.45) is 4.99 Å². The molecule has 0 amide bonds. The first-order valence-corrected chi connectivity index (χ1v) is 9.62. The second-order valence-corrected chi connectivity index (χ2v) is 6.55. The van der Waals surface area contributed by atoms with E-state index in [0.717, 1.165) is 37.5 Å². The van der Waals surface area contributed by atoms with E-state index >= 15 is 0 Å². The van der Waals surface area contributed by atoms with Crippen LogP contribution in [0.3, 0.4) is 0 Å². The number of nitrogens with one attached hydrogen (secondary N) is 3. The average Bonchev–Trinajstić information content (AvgIpc) is 2.56. The highest BCUT2D eigenvalue weighted by atomic mass is 32.2. The Morgan fingerprint density at radius 1 is 1.17 bits per heavy atom. The molecule has 126 valence electrons. The summed E-state index contributed by atoms with van der Waals surface area (Å²) in [5.41, 5.74) is 1.97. The number of aliphatic imine (C=N–C) groups is 1. The predicted molar refractivity (Wildman–Crippen MR) is 102 cm³/mol. The van der Waals surface area contributed by atoms with Crippen LogP contribution in [0.5, 0.6) is 0 Å². The third-order valence-corrected chi connectivity index (χ3v) is 4.64. The highest BCUT2D eigenvalue weighted by molar-refractivity contribution is 7.98. The molecule has 1 aromatic rings. The number of nitrogens with zero attached hydrogens (tertiary/aromatic N) is 1. The number of thioether (sulfide) groups is 1. The van der Waals surface area contributed by atoms with Gasteiger partial charge in [-0.25, -0.2) is 4.99 Å². The molecule has 1 aliphatic heterocycles. The fraction of sp³-hybridized carbons (Fsp3) is 0.500. The van der Waals surface area contributed by atoms with Crippen LogP contribution in [0.2, 0.25) is 0 Å². The lowest BCUT2D eigenvalue weighted by molar-refractivity contribution is 0.405. The predicted octanol–water partition coefficient (Wildman–Crippen LogP) is 4.18. The first-order chi connectivity index (χ1) is 11.1. The van der Waals surface area contributed by atoms with Crippen molar-refractivity contribution in [2.75, 3.05) is 18.1 Å². The van der Waals surface area contributed by atoms with Gasteiger partial charge in [0.1, 0.15) is 5.66 Å². The molecule has 23 heavy (non-hydrogen) atoms. The topological polar surface area (TPSA) is 48.5 Å². The van der Waals surface area contributed by atoms with Crippen molar-refractivity contribution in [3.05, 3.63) is 36.0 Å². The van der Waals surface area contributed by atoms with Gasteiger partial charge in [0.2, 0.25) is 5.96 Å². The fourth-order valence-corrected chi connectivity index (χ4v) is 3.12. The molecule has 0 bridgehead atoms. The summed E-state index contributed by atoms with van der Waals surface area (Å²) in [6.07, 6.45) is 7.39. The summed E-state index contributed by atoms with van der Waals surface area (Å²) >= 11 is 1.75. The summed E-state index contributed by atoms with van der Waals surface area (Å²) in [7, 11) is 0. The van der Waals surface area contributed by atoms with Gasteiger partial charge in [-0.05, 0) is 56.0 Å². The van der Waals surface area contributed by atoms with Crippen LogP contribution in [0, 0.1) is 0 Å². The van der Waals surface area contributed by atoms with E-state index in [4.69, 9.17) is 4.99 Å². The summed E-state index contributed by atoms with van der Waals surface area (Å²) < 4.78 is 0. The number of anilines is 1. The third-order valence-electron chi connectivity index (χ3n) is 3.90. The molecule has 5 heteroatoms. The van der Waals surface area contributed by atoms with Gasteiger partial charge in [-0.2, -0.15) is 0 Å². The number of allylic oxidation sites excluding steroid dienone is 1. The van der Waals surface area contributed by atoms with Crippen LogP contribution < -0.4 is 16.0 Å². The standard InChI is InChI=1S/C18H28N4S/c1-5-8-15-13-18(6-2,19-7-3)22-17(21-15)20-14-9-11-16(23-4)12-10-14/h9-13,19H,5-8H2,1-4H3,(H2,20,21,22). The Balaban J connectivity index is 2.21. The summed E-state index contributed by atoms with van der Waals surface area (Å²) in [4.78, 5) is 6.15. The second-order valence-electron chi connectivity index (χ2n) is 5.67. The van der Waals surface area contributed by atoms with E-state index in [1.54, 1.807) is 11.8 Å². The van der Waals surface area contributed by atoms with E-state index in [1.807, 2.05) is 0 Å². The monoisotopic (exact) mass is 332 g/mol. The van der Waals surface area contributed by atoms with Crippen molar-refractivity contribution in [3.8, 4) is 0 Å². The quantitative estimate of drug-likeness (QED) is 0.656. The zero-order valence-electron chi connectivity index (χ0n) is 14.6. The molecular formula is C18H28N4S. The van der Waals surface area contributed by atoms with E-state index in [9.17, 15) is 0 Å². The second kappa shape index (κ2) is 8.41. The average molecular weight is 333 g/mol. The highest BCUT2D eigenvalue weighted by Gasteiger charge is 2.28. The molecule has 1 unspecified atom stereocenters. The molecule has 0 radical (unpaired) electrons. The first-order valence-electron chi connectivity index (χ1n) is 8.39. The Kier molecular flexibility index (Phi) is 6.54. The van der Waals surface area contributed by atoms with E-state index < -0.39 is 0 Å². The molecule has 0 fully saturated rings. The summed E-state index contributed by atoms with van der Waals surface area (Å²) in [6.45, 7) is 7.38. The third kappa shape index (κ3) is 4.75. The molecule has 1 aromatic carbocycles. The van der Waals surface area contributed by atoms with Crippen LogP contribution in [0.15, 0.2) is 45.9 Å². The van der Waals surface area contributed by atoms with Crippen molar-refractivity contribution in [2.45, 2.75) is 50.6 Å². The Bertz CT molecular complexity index is 565. The Morgan fingerprint density at radius 2 is 1.91 bits per heavy atom. The van der Waals surface area contributed by atoms with E-state index in [1.165, 1.54) is 10.6 Å². The minimum absolute atomic E-state index is 0.313. The fourth-order valence-electron chi connectivity index (χ4n) is 2.71. The van der Waals surface area contributed by atoms with Gasteiger partial charge in [0.15, 0.2) is 0 Å². The summed E-state index contributed by atoms with van der Waals surface area (Å²) in [5.74, 6) is 0.815. The van der Waals surface area contributed by atoms with E-state index in [0.29, 0.717) is 0 Å². The van der Waals surface area contributed by atoms with Crippen LogP contribution in [0.25, 0.3) is 0 Å². The largest absolute Gasteiger partial charge is 0.330 e. The molecule has 2 rings (SSSR count). The molecule has 1 aliphatic rings. The highest BCUT2D eigenvalue weighted by Crippen LogP contribution is 2.23. The maximum absolute atomic E-state index is 4.89. The zero-order chi connectivity index (χ0) is 16.7. The Morgan fingerprint density at radius 3 is 2.48 bits per heavy atom. The van der Waals surface area contributed by atoms with Gasteiger partial charge in [-0.1, -0.05) is 27.2 Å². The van der Waals surface area contributed by atoms with Crippen molar-refractivity contribution in [1.29, 1.82) is 0 Å². The van der Waals surface area contributed by atoms with E-state index in [2.05, 4.69) is 73.3 Å². The number of rotatable bonds is 7. The Labute approximate surface area is 144 Å². The number of guanidine groups is 1. The van der Waals surface area contributed by atoms with Crippen molar-refractivity contribution < 1.29 is 0 Å². The minimum atomic E-state index is -0.313. The van der Waals surface area contributed by atoms with Crippen LogP contribution in [-0.2, 0) is 0 Å². The number of likely N-dealkylation sites (N-methyl/N-ethyl adjacent to an activating group) is 1.